The Balaban J connectivity index is 1.62. The zero-order chi connectivity index (χ0) is 22.6. The molecular weight excluding hydrogens is 424 g/mol. The number of hydrogen-bond donors (Lipinski definition) is 1. The third-order valence-electron chi connectivity index (χ3n) is 6.07. The number of nitrogens with zero attached hydrogens (tertiary/aromatic N) is 1. The molecule has 1 heterocycles. The predicted molar refractivity (Wildman–Crippen MR) is 124 cm³/mol. The smallest absolute Gasteiger partial charge is 0.261 e. The molecule has 3 aromatic rings. The maximum Gasteiger partial charge on any atom is 0.261 e. The molecule has 32 heavy (non-hydrogen) atoms. The summed E-state index contributed by atoms with van der Waals surface area (Å²) in [7, 11) is 0. The van der Waals surface area contributed by atoms with E-state index in [1.807, 2.05) is 54.6 Å². The molecule has 3 aromatic carbocycles. The van der Waals surface area contributed by atoms with Gasteiger partial charge in [-0.05, 0) is 48.2 Å². The molecule has 5 nitrogen and oxygen atoms in total. The molecule has 0 spiro atoms. The molecule has 0 fully saturated rings. The molecule has 0 saturated heterocycles. The van der Waals surface area contributed by atoms with E-state index in [1.54, 1.807) is 24.3 Å². The molecule has 3 amide bonds. The van der Waals surface area contributed by atoms with Gasteiger partial charge in [0.2, 0.25) is 6.41 Å². The van der Waals surface area contributed by atoms with Crippen molar-refractivity contribution in [3.63, 3.8) is 0 Å². The molecular formula is C26H23ClN2O3. The number of carbonyl (C=O) groups is 3. The van der Waals surface area contributed by atoms with Crippen LogP contribution >= 0.6 is 11.6 Å². The molecule has 0 aromatic heterocycles. The van der Waals surface area contributed by atoms with Crippen LogP contribution < -0.4 is 5.32 Å². The summed E-state index contributed by atoms with van der Waals surface area (Å²) >= 11 is 6.13. The maximum atomic E-state index is 12.7. The van der Waals surface area contributed by atoms with Crippen LogP contribution in [0.2, 0.25) is 5.02 Å². The molecule has 0 aliphatic carbocycles. The minimum atomic E-state index is -0.536. The summed E-state index contributed by atoms with van der Waals surface area (Å²) in [6.07, 6.45) is 1.88. The van der Waals surface area contributed by atoms with E-state index >= 15 is 0 Å². The first-order valence-electron chi connectivity index (χ1n) is 10.5. The topological polar surface area (TPSA) is 66.5 Å². The number of amides is 3. The Morgan fingerprint density at radius 1 is 0.812 bits per heavy atom. The Bertz CT molecular complexity index is 1100. The van der Waals surface area contributed by atoms with E-state index in [0.29, 0.717) is 48.5 Å². The molecule has 0 bridgehead atoms. The number of imide groups is 1. The van der Waals surface area contributed by atoms with Crippen molar-refractivity contribution in [2.75, 3.05) is 13.1 Å². The molecule has 162 valence electrons. The van der Waals surface area contributed by atoms with E-state index in [-0.39, 0.29) is 11.8 Å². The van der Waals surface area contributed by atoms with Gasteiger partial charge in [-0.25, -0.2) is 0 Å². The first kappa shape index (κ1) is 21.8. The summed E-state index contributed by atoms with van der Waals surface area (Å²) in [6, 6.07) is 24.4. The van der Waals surface area contributed by atoms with E-state index in [4.69, 9.17) is 11.6 Å². The van der Waals surface area contributed by atoms with Gasteiger partial charge in [-0.15, -0.1) is 0 Å². The number of nitrogens with one attached hydrogen (secondary N) is 1. The SMILES string of the molecule is O=CNCC(CCCN1C(=O)c2ccccc2C1=O)(c1ccccc1)c1ccc(Cl)cc1. The molecule has 4 rings (SSSR count). The van der Waals surface area contributed by atoms with Crippen LogP contribution in [0.4, 0.5) is 0 Å². The van der Waals surface area contributed by atoms with Gasteiger partial charge in [-0.1, -0.05) is 66.2 Å². The maximum absolute atomic E-state index is 12.7. The van der Waals surface area contributed by atoms with Crippen LogP contribution in [0.1, 0.15) is 44.7 Å². The van der Waals surface area contributed by atoms with Crippen LogP contribution in [0.5, 0.6) is 0 Å². The number of fused-ring (bicyclic) bond motifs is 1. The van der Waals surface area contributed by atoms with E-state index < -0.39 is 5.41 Å². The molecule has 6 heteroatoms. The lowest BCUT2D eigenvalue weighted by molar-refractivity contribution is -0.109. The lowest BCUT2D eigenvalue weighted by Gasteiger charge is -2.35. The van der Waals surface area contributed by atoms with Crippen molar-refractivity contribution < 1.29 is 14.4 Å². The summed E-state index contributed by atoms with van der Waals surface area (Å²) < 4.78 is 0. The number of hydrogen-bond acceptors (Lipinski definition) is 3. The zero-order valence-electron chi connectivity index (χ0n) is 17.5. The van der Waals surface area contributed by atoms with Crippen molar-refractivity contribution in [2.45, 2.75) is 18.3 Å². The van der Waals surface area contributed by atoms with Gasteiger partial charge in [0.1, 0.15) is 0 Å². The standard InChI is InChI=1S/C26H23ClN2O3/c27-21-13-11-20(12-14-21)26(17-28-18-30,19-7-2-1-3-8-19)15-6-16-29-24(31)22-9-4-5-10-23(22)25(29)32/h1-5,7-14,18H,6,15-17H2,(H,28,30). The second kappa shape index (κ2) is 9.37. The van der Waals surface area contributed by atoms with Gasteiger partial charge in [0, 0.05) is 23.5 Å². The Labute approximate surface area is 192 Å². The average Bonchev–Trinajstić information content (AvgIpc) is 3.07. The highest BCUT2D eigenvalue weighted by molar-refractivity contribution is 6.30. The van der Waals surface area contributed by atoms with Crippen molar-refractivity contribution >= 4 is 29.8 Å². The van der Waals surface area contributed by atoms with E-state index in [1.165, 1.54) is 4.90 Å². The van der Waals surface area contributed by atoms with Crippen LogP contribution in [0.15, 0.2) is 78.9 Å². The Morgan fingerprint density at radius 3 is 1.97 bits per heavy atom. The largest absolute Gasteiger partial charge is 0.357 e. The molecule has 1 atom stereocenters. The van der Waals surface area contributed by atoms with Crippen LogP contribution in [-0.4, -0.2) is 36.2 Å². The predicted octanol–water partition coefficient (Wildman–Crippen LogP) is 4.45. The third kappa shape index (κ3) is 4.04. The van der Waals surface area contributed by atoms with Gasteiger partial charge in [-0.3, -0.25) is 19.3 Å². The second-order valence-corrected chi connectivity index (χ2v) is 8.30. The highest BCUT2D eigenvalue weighted by Crippen LogP contribution is 2.37. The van der Waals surface area contributed by atoms with Crippen molar-refractivity contribution in [1.82, 2.24) is 10.2 Å². The number of halogens is 1. The summed E-state index contributed by atoms with van der Waals surface area (Å²) in [5.41, 5.74) is 2.41. The van der Waals surface area contributed by atoms with Crippen molar-refractivity contribution in [2.24, 2.45) is 0 Å². The normalized spacial score (nSPS) is 14.7. The van der Waals surface area contributed by atoms with E-state index in [2.05, 4.69) is 5.32 Å². The van der Waals surface area contributed by atoms with Crippen molar-refractivity contribution in [1.29, 1.82) is 0 Å². The van der Waals surface area contributed by atoms with Gasteiger partial charge in [0.15, 0.2) is 0 Å². The molecule has 1 aliphatic rings. The van der Waals surface area contributed by atoms with Crippen LogP contribution in [0.25, 0.3) is 0 Å². The third-order valence-corrected chi connectivity index (χ3v) is 6.33. The quantitative estimate of drug-likeness (QED) is 0.390. The molecule has 0 saturated carbocycles. The van der Waals surface area contributed by atoms with Crippen molar-refractivity contribution in [3.8, 4) is 0 Å². The minimum absolute atomic E-state index is 0.256. The lowest BCUT2D eigenvalue weighted by atomic mass is 9.71. The second-order valence-electron chi connectivity index (χ2n) is 7.86. The Morgan fingerprint density at radius 2 is 1.38 bits per heavy atom. The van der Waals surface area contributed by atoms with Gasteiger partial charge >= 0.3 is 0 Å². The summed E-state index contributed by atoms with van der Waals surface area (Å²) in [5.74, 6) is -0.512. The number of benzene rings is 3. The molecule has 1 unspecified atom stereocenters. The van der Waals surface area contributed by atoms with E-state index in [0.717, 1.165) is 11.1 Å². The first-order valence-corrected chi connectivity index (χ1v) is 10.9. The van der Waals surface area contributed by atoms with Gasteiger partial charge in [0.05, 0.1) is 11.1 Å². The average molecular weight is 447 g/mol. The fourth-order valence-corrected chi connectivity index (χ4v) is 4.60. The molecule has 0 radical (unpaired) electrons. The Hall–Kier alpha value is -3.44. The highest BCUT2D eigenvalue weighted by Gasteiger charge is 2.37. The molecule has 1 N–H and O–H groups in total. The van der Waals surface area contributed by atoms with Gasteiger partial charge in [0.25, 0.3) is 11.8 Å². The van der Waals surface area contributed by atoms with Gasteiger partial charge in [-0.2, -0.15) is 0 Å². The Kier molecular flexibility index (Phi) is 6.37. The first-order chi connectivity index (χ1) is 15.6. The minimum Gasteiger partial charge on any atom is -0.357 e. The summed E-state index contributed by atoms with van der Waals surface area (Å²) in [5, 5.41) is 3.48. The fourth-order valence-electron chi connectivity index (χ4n) is 4.47. The highest BCUT2D eigenvalue weighted by atomic mass is 35.5. The van der Waals surface area contributed by atoms with Crippen LogP contribution in [0, 0.1) is 0 Å². The van der Waals surface area contributed by atoms with Crippen LogP contribution in [0.3, 0.4) is 0 Å². The number of carbonyl (C=O) groups excluding carboxylic acids is 3. The fraction of sp³-hybridized carbons (Fsp3) is 0.192. The summed E-state index contributed by atoms with van der Waals surface area (Å²) in [6.45, 7) is 0.680. The monoisotopic (exact) mass is 446 g/mol. The number of rotatable bonds is 9. The van der Waals surface area contributed by atoms with E-state index in [9.17, 15) is 14.4 Å². The van der Waals surface area contributed by atoms with Gasteiger partial charge < -0.3 is 5.32 Å². The van der Waals surface area contributed by atoms with Crippen molar-refractivity contribution in [3.05, 3.63) is 106 Å². The lowest BCUT2D eigenvalue weighted by Crippen LogP contribution is -2.40. The van der Waals surface area contributed by atoms with Crippen LogP contribution in [-0.2, 0) is 10.2 Å². The molecule has 1 aliphatic heterocycles. The zero-order valence-corrected chi connectivity index (χ0v) is 18.2. The summed E-state index contributed by atoms with van der Waals surface area (Å²) in [4.78, 5) is 38.0.